The van der Waals surface area contributed by atoms with Gasteiger partial charge in [0.15, 0.2) is 0 Å². The van der Waals surface area contributed by atoms with Crippen LogP contribution in [0.4, 0.5) is 0 Å². The first-order valence-corrected chi connectivity index (χ1v) is 7.23. The summed E-state index contributed by atoms with van der Waals surface area (Å²) in [7, 11) is 1.59. The minimum absolute atomic E-state index is 0.115. The van der Waals surface area contributed by atoms with Crippen LogP contribution in [0.2, 0.25) is 5.02 Å². The number of imidazole rings is 1. The van der Waals surface area contributed by atoms with E-state index in [1.165, 1.54) is 6.20 Å². The van der Waals surface area contributed by atoms with Crippen LogP contribution in [-0.2, 0) is 6.42 Å². The van der Waals surface area contributed by atoms with Gasteiger partial charge in [-0.15, -0.1) is 0 Å². The molecule has 3 rings (SSSR count). The molecule has 3 aromatic rings. The number of ether oxygens (including phenoxy) is 1. The minimum Gasteiger partial charge on any atom is -0.497 e. The van der Waals surface area contributed by atoms with Crippen molar-refractivity contribution in [2.45, 2.75) is 13.3 Å². The van der Waals surface area contributed by atoms with Gasteiger partial charge in [0.2, 0.25) is 11.6 Å². The SMILES string of the molecule is CCc1nc2ncc(Cl)cn2c1C(=O)c1ccc(OC)cc1. The molecule has 0 radical (unpaired) electrons. The van der Waals surface area contributed by atoms with Crippen LogP contribution in [0.1, 0.15) is 28.7 Å². The van der Waals surface area contributed by atoms with Gasteiger partial charge in [-0.2, -0.15) is 0 Å². The first-order valence-electron chi connectivity index (χ1n) is 6.85. The third-order valence-corrected chi connectivity index (χ3v) is 3.62. The Kier molecular flexibility index (Phi) is 3.81. The van der Waals surface area contributed by atoms with Gasteiger partial charge < -0.3 is 4.74 Å². The van der Waals surface area contributed by atoms with E-state index in [4.69, 9.17) is 16.3 Å². The lowest BCUT2D eigenvalue weighted by molar-refractivity contribution is 0.103. The Morgan fingerprint density at radius 1 is 1.32 bits per heavy atom. The van der Waals surface area contributed by atoms with Crippen LogP contribution in [0, 0.1) is 0 Å². The van der Waals surface area contributed by atoms with Crippen molar-refractivity contribution in [1.82, 2.24) is 14.4 Å². The molecule has 0 aliphatic rings. The predicted molar refractivity (Wildman–Crippen MR) is 83.8 cm³/mol. The summed E-state index contributed by atoms with van der Waals surface area (Å²) >= 11 is 5.99. The van der Waals surface area contributed by atoms with Crippen LogP contribution < -0.4 is 4.74 Å². The number of hydrogen-bond donors (Lipinski definition) is 0. The molecule has 0 atom stereocenters. The molecule has 0 saturated heterocycles. The molecule has 0 amide bonds. The van der Waals surface area contributed by atoms with E-state index in [0.717, 1.165) is 0 Å². The number of rotatable bonds is 4. The van der Waals surface area contributed by atoms with Gasteiger partial charge in [-0.1, -0.05) is 18.5 Å². The summed E-state index contributed by atoms with van der Waals surface area (Å²) < 4.78 is 6.76. The van der Waals surface area contributed by atoms with Crippen molar-refractivity contribution in [2.75, 3.05) is 7.11 Å². The van der Waals surface area contributed by atoms with Gasteiger partial charge in [-0.25, -0.2) is 9.97 Å². The molecule has 112 valence electrons. The molecule has 0 saturated carbocycles. The second-order valence-electron chi connectivity index (χ2n) is 4.76. The lowest BCUT2D eigenvalue weighted by Crippen LogP contribution is -2.08. The molecule has 22 heavy (non-hydrogen) atoms. The zero-order chi connectivity index (χ0) is 15.7. The van der Waals surface area contributed by atoms with E-state index in [-0.39, 0.29) is 5.78 Å². The molecule has 0 aliphatic carbocycles. The lowest BCUT2D eigenvalue weighted by atomic mass is 10.1. The van der Waals surface area contributed by atoms with Gasteiger partial charge in [-0.3, -0.25) is 9.20 Å². The average molecular weight is 316 g/mol. The molecule has 5 nitrogen and oxygen atoms in total. The highest BCUT2D eigenvalue weighted by Crippen LogP contribution is 2.20. The number of nitrogens with zero attached hydrogens (tertiary/aromatic N) is 3. The fourth-order valence-electron chi connectivity index (χ4n) is 2.32. The summed E-state index contributed by atoms with van der Waals surface area (Å²) in [4.78, 5) is 21.4. The van der Waals surface area contributed by atoms with E-state index in [1.807, 2.05) is 6.92 Å². The maximum atomic E-state index is 12.8. The largest absolute Gasteiger partial charge is 0.497 e. The lowest BCUT2D eigenvalue weighted by Gasteiger charge is -2.05. The Hall–Kier alpha value is -2.40. The third-order valence-electron chi connectivity index (χ3n) is 3.42. The van der Waals surface area contributed by atoms with E-state index >= 15 is 0 Å². The zero-order valence-corrected chi connectivity index (χ0v) is 13.0. The van der Waals surface area contributed by atoms with Crippen LogP contribution in [-0.4, -0.2) is 27.3 Å². The van der Waals surface area contributed by atoms with E-state index in [0.29, 0.717) is 39.9 Å². The van der Waals surface area contributed by atoms with Gasteiger partial charge in [-0.05, 0) is 30.7 Å². The number of hydrogen-bond acceptors (Lipinski definition) is 4. The van der Waals surface area contributed by atoms with Crippen LogP contribution in [0.5, 0.6) is 5.75 Å². The van der Waals surface area contributed by atoms with Gasteiger partial charge in [0, 0.05) is 11.8 Å². The maximum Gasteiger partial charge on any atom is 0.234 e. The topological polar surface area (TPSA) is 56.5 Å². The summed E-state index contributed by atoms with van der Waals surface area (Å²) in [6, 6.07) is 6.98. The number of methoxy groups -OCH3 is 1. The van der Waals surface area contributed by atoms with Crippen LogP contribution in [0.15, 0.2) is 36.7 Å². The van der Waals surface area contributed by atoms with E-state index in [9.17, 15) is 4.79 Å². The summed E-state index contributed by atoms with van der Waals surface area (Å²) in [6.07, 6.45) is 3.82. The number of fused-ring (bicyclic) bond motifs is 1. The fraction of sp³-hybridized carbons (Fsp3) is 0.188. The van der Waals surface area contributed by atoms with Crippen molar-refractivity contribution in [3.63, 3.8) is 0 Å². The van der Waals surface area contributed by atoms with E-state index in [2.05, 4.69) is 9.97 Å². The van der Waals surface area contributed by atoms with Crippen molar-refractivity contribution in [1.29, 1.82) is 0 Å². The number of benzene rings is 1. The summed E-state index contributed by atoms with van der Waals surface area (Å²) in [5.74, 6) is 1.06. The second kappa shape index (κ2) is 5.77. The highest BCUT2D eigenvalue weighted by atomic mass is 35.5. The molecule has 0 N–H and O–H groups in total. The molecule has 0 aliphatic heterocycles. The first kappa shape index (κ1) is 14.5. The Bertz CT molecular complexity index is 840. The van der Waals surface area contributed by atoms with Gasteiger partial charge >= 0.3 is 0 Å². The number of ketones is 1. The Labute approximate surface area is 132 Å². The van der Waals surface area contributed by atoms with E-state index in [1.54, 1.807) is 42.0 Å². The minimum atomic E-state index is -0.115. The van der Waals surface area contributed by atoms with Gasteiger partial charge in [0.25, 0.3) is 0 Å². The molecule has 0 fully saturated rings. The number of aromatic nitrogens is 3. The van der Waals surface area contributed by atoms with Crippen LogP contribution in [0.25, 0.3) is 5.78 Å². The smallest absolute Gasteiger partial charge is 0.234 e. The van der Waals surface area contributed by atoms with Crippen molar-refractivity contribution in [2.24, 2.45) is 0 Å². The fourth-order valence-corrected chi connectivity index (χ4v) is 2.47. The normalized spacial score (nSPS) is 10.9. The average Bonchev–Trinajstić information content (AvgIpc) is 2.92. The van der Waals surface area contributed by atoms with Crippen molar-refractivity contribution >= 4 is 23.2 Å². The maximum absolute atomic E-state index is 12.8. The summed E-state index contributed by atoms with van der Waals surface area (Å²) in [5.41, 5.74) is 1.77. The monoisotopic (exact) mass is 315 g/mol. The molecular formula is C16H14ClN3O2. The van der Waals surface area contributed by atoms with Crippen molar-refractivity contribution in [3.05, 3.63) is 58.6 Å². The Morgan fingerprint density at radius 3 is 2.68 bits per heavy atom. The van der Waals surface area contributed by atoms with Gasteiger partial charge in [0.05, 0.1) is 24.0 Å². The molecule has 2 heterocycles. The second-order valence-corrected chi connectivity index (χ2v) is 5.20. The number of carbonyl (C=O) groups is 1. The Morgan fingerprint density at radius 2 is 2.05 bits per heavy atom. The summed E-state index contributed by atoms with van der Waals surface area (Å²) in [6.45, 7) is 1.95. The quantitative estimate of drug-likeness (QED) is 0.694. The molecule has 6 heteroatoms. The predicted octanol–water partition coefficient (Wildman–Crippen LogP) is 3.18. The molecule has 1 aromatic carbocycles. The van der Waals surface area contributed by atoms with Crippen molar-refractivity contribution < 1.29 is 9.53 Å². The third kappa shape index (κ3) is 2.44. The van der Waals surface area contributed by atoms with E-state index < -0.39 is 0 Å². The highest BCUT2D eigenvalue weighted by Gasteiger charge is 2.20. The van der Waals surface area contributed by atoms with Crippen molar-refractivity contribution in [3.8, 4) is 5.75 Å². The number of aryl methyl sites for hydroxylation is 1. The van der Waals surface area contributed by atoms with Crippen LogP contribution in [0.3, 0.4) is 0 Å². The zero-order valence-electron chi connectivity index (χ0n) is 12.2. The summed E-state index contributed by atoms with van der Waals surface area (Å²) in [5, 5.41) is 0.455. The number of halogens is 1. The first-order chi connectivity index (χ1) is 10.6. The highest BCUT2D eigenvalue weighted by molar-refractivity contribution is 6.30. The molecule has 2 aromatic heterocycles. The molecule has 0 unspecified atom stereocenters. The standard InChI is InChI=1S/C16H14ClN3O2/c1-3-13-14(20-9-11(17)8-18-16(20)19-13)15(21)10-4-6-12(22-2)7-5-10/h4-9H,3H2,1-2H3. The number of carbonyl (C=O) groups excluding carboxylic acids is 1. The van der Waals surface area contributed by atoms with Crippen LogP contribution >= 0.6 is 11.6 Å². The Balaban J connectivity index is 2.14. The molecular weight excluding hydrogens is 302 g/mol. The van der Waals surface area contributed by atoms with Gasteiger partial charge in [0.1, 0.15) is 11.4 Å². The molecule has 0 spiro atoms. The molecule has 0 bridgehead atoms.